The van der Waals surface area contributed by atoms with E-state index < -0.39 is 0 Å². The van der Waals surface area contributed by atoms with E-state index in [-0.39, 0.29) is 11.8 Å². The minimum Gasteiger partial charge on any atom is -0.312 e. The minimum atomic E-state index is -0.291. The van der Waals surface area contributed by atoms with Crippen molar-refractivity contribution in [3.8, 4) is 0 Å². The molecule has 1 fully saturated rings. The molecule has 1 aromatic heterocycles. The van der Waals surface area contributed by atoms with Gasteiger partial charge >= 0.3 is 0 Å². The molecule has 0 saturated carbocycles. The Balaban J connectivity index is 1.92. The van der Waals surface area contributed by atoms with E-state index in [9.17, 15) is 9.59 Å². The van der Waals surface area contributed by atoms with Gasteiger partial charge in [-0.25, -0.2) is 4.98 Å². The molecule has 1 aliphatic rings. The average molecular weight is 336 g/mol. The van der Waals surface area contributed by atoms with Gasteiger partial charge in [-0.15, -0.1) is 11.3 Å². The number of amides is 2. The molecule has 0 atom stereocenters. The zero-order valence-electron chi connectivity index (χ0n) is 11.9. The van der Waals surface area contributed by atoms with Crippen LogP contribution in [0, 0.1) is 6.92 Å². The van der Waals surface area contributed by atoms with Gasteiger partial charge in [-0.05, 0) is 31.5 Å². The van der Waals surface area contributed by atoms with Crippen LogP contribution in [0.15, 0.2) is 24.4 Å². The number of benzene rings is 1. The molecule has 0 unspecified atom stereocenters. The molecule has 7 heteroatoms. The highest BCUT2D eigenvalue weighted by Gasteiger charge is 2.26. The number of halogens is 1. The first-order valence-electron chi connectivity index (χ1n) is 6.88. The summed E-state index contributed by atoms with van der Waals surface area (Å²) in [5.74, 6) is -0.276. The highest BCUT2D eigenvalue weighted by molar-refractivity contribution is 7.15. The summed E-state index contributed by atoms with van der Waals surface area (Å²) < 4.78 is 0. The summed E-state index contributed by atoms with van der Waals surface area (Å²) in [6.45, 7) is 2.53. The van der Waals surface area contributed by atoms with Crippen molar-refractivity contribution in [1.82, 2.24) is 4.98 Å². The lowest BCUT2D eigenvalue weighted by atomic mass is 10.1. The Kier molecular flexibility index (Phi) is 4.13. The molecular formula is C15H14ClN3O2S. The lowest BCUT2D eigenvalue weighted by molar-refractivity contribution is -0.117. The second-order valence-electron chi connectivity index (χ2n) is 5.04. The SMILES string of the molecule is Cc1cnc(NC(=O)c2ccc(Cl)cc2N2CCCC2=O)s1. The van der Waals surface area contributed by atoms with E-state index in [1.54, 1.807) is 29.3 Å². The molecule has 0 bridgehead atoms. The number of carbonyl (C=O) groups is 2. The third-order valence-electron chi connectivity index (χ3n) is 3.41. The second kappa shape index (κ2) is 6.06. The van der Waals surface area contributed by atoms with Crippen LogP contribution < -0.4 is 10.2 Å². The van der Waals surface area contributed by atoms with Crippen LogP contribution in [0.1, 0.15) is 28.1 Å². The summed E-state index contributed by atoms with van der Waals surface area (Å²) >= 11 is 7.43. The number of aromatic nitrogens is 1. The number of rotatable bonds is 3. The smallest absolute Gasteiger partial charge is 0.259 e. The molecular weight excluding hydrogens is 322 g/mol. The molecule has 1 aromatic carbocycles. The molecule has 0 radical (unpaired) electrons. The van der Waals surface area contributed by atoms with Crippen LogP contribution in [0.4, 0.5) is 10.8 Å². The highest BCUT2D eigenvalue weighted by Crippen LogP contribution is 2.29. The van der Waals surface area contributed by atoms with Gasteiger partial charge in [0.25, 0.3) is 5.91 Å². The maximum absolute atomic E-state index is 12.5. The summed E-state index contributed by atoms with van der Waals surface area (Å²) in [7, 11) is 0. The van der Waals surface area contributed by atoms with Crippen LogP contribution in [0.2, 0.25) is 5.02 Å². The zero-order valence-corrected chi connectivity index (χ0v) is 13.5. The van der Waals surface area contributed by atoms with Crippen molar-refractivity contribution in [2.45, 2.75) is 19.8 Å². The molecule has 2 aromatic rings. The summed E-state index contributed by atoms with van der Waals surface area (Å²) in [5, 5.41) is 3.80. The Labute approximate surface area is 136 Å². The molecule has 2 heterocycles. The molecule has 0 aliphatic carbocycles. The van der Waals surface area contributed by atoms with Gasteiger partial charge in [0, 0.05) is 29.1 Å². The van der Waals surface area contributed by atoms with E-state index in [2.05, 4.69) is 10.3 Å². The third kappa shape index (κ3) is 2.98. The number of thiazole rings is 1. The van der Waals surface area contributed by atoms with Crippen molar-refractivity contribution in [3.63, 3.8) is 0 Å². The molecule has 22 heavy (non-hydrogen) atoms. The van der Waals surface area contributed by atoms with Crippen molar-refractivity contribution < 1.29 is 9.59 Å². The lowest BCUT2D eigenvalue weighted by Gasteiger charge is -2.19. The topological polar surface area (TPSA) is 62.3 Å². The molecule has 5 nitrogen and oxygen atoms in total. The van der Waals surface area contributed by atoms with Gasteiger partial charge in [-0.1, -0.05) is 11.6 Å². The summed E-state index contributed by atoms with van der Waals surface area (Å²) in [6.07, 6.45) is 2.99. The van der Waals surface area contributed by atoms with Crippen LogP contribution in [0.3, 0.4) is 0 Å². The van der Waals surface area contributed by atoms with Gasteiger partial charge in [0.1, 0.15) is 0 Å². The fourth-order valence-electron chi connectivity index (χ4n) is 2.40. The number of carbonyl (C=O) groups excluding carboxylic acids is 2. The molecule has 1 N–H and O–H groups in total. The van der Waals surface area contributed by atoms with Crippen LogP contribution in [-0.2, 0) is 4.79 Å². The molecule has 2 amide bonds. The van der Waals surface area contributed by atoms with Crippen LogP contribution in [-0.4, -0.2) is 23.3 Å². The van der Waals surface area contributed by atoms with E-state index in [1.807, 2.05) is 6.92 Å². The van der Waals surface area contributed by atoms with Crippen molar-refractivity contribution in [2.24, 2.45) is 0 Å². The van der Waals surface area contributed by atoms with Crippen molar-refractivity contribution in [3.05, 3.63) is 39.9 Å². The van der Waals surface area contributed by atoms with E-state index in [4.69, 9.17) is 11.6 Å². The second-order valence-corrected chi connectivity index (χ2v) is 6.71. The summed E-state index contributed by atoms with van der Waals surface area (Å²) in [5.41, 5.74) is 0.980. The number of nitrogens with zero attached hydrogens (tertiary/aromatic N) is 2. The monoisotopic (exact) mass is 335 g/mol. The minimum absolute atomic E-state index is 0.0152. The van der Waals surface area contributed by atoms with Crippen molar-refractivity contribution in [2.75, 3.05) is 16.8 Å². The first-order chi connectivity index (χ1) is 10.5. The molecule has 114 valence electrons. The average Bonchev–Trinajstić information content (AvgIpc) is 3.07. The summed E-state index contributed by atoms with van der Waals surface area (Å²) in [4.78, 5) is 31.2. The van der Waals surface area contributed by atoms with Gasteiger partial charge in [-0.2, -0.15) is 0 Å². The largest absolute Gasteiger partial charge is 0.312 e. The molecule has 0 spiro atoms. The maximum atomic E-state index is 12.5. The van der Waals surface area contributed by atoms with Crippen molar-refractivity contribution >= 4 is 45.6 Å². The Morgan fingerprint density at radius 2 is 2.27 bits per heavy atom. The van der Waals surface area contributed by atoms with Crippen LogP contribution in [0.25, 0.3) is 0 Å². The van der Waals surface area contributed by atoms with Crippen molar-refractivity contribution in [1.29, 1.82) is 0 Å². The summed E-state index contributed by atoms with van der Waals surface area (Å²) in [6, 6.07) is 4.94. The number of aryl methyl sites for hydroxylation is 1. The van der Waals surface area contributed by atoms with E-state index >= 15 is 0 Å². The van der Waals surface area contributed by atoms with Crippen LogP contribution in [0.5, 0.6) is 0 Å². The lowest BCUT2D eigenvalue weighted by Crippen LogP contribution is -2.27. The zero-order chi connectivity index (χ0) is 15.7. The standard InChI is InChI=1S/C15H14ClN3O2S/c1-9-8-17-15(22-9)18-14(21)11-5-4-10(16)7-12(11)19-6-2-3-13(19)20/h4-5,7-8H,2-3,6H2,1H3,(H,17,18,21). The van der Waals surface area contributed by atoms with Gasteiger partial charge in [0.2, 0.25) is 5.91 Å². The number of nitrogens with one attached hydrogen (secondary N) is 1. The quantitative estimate of drug-likeness (QED) is 0.934. The number of anilines is 2. The van der Waals surface area contributed by atoms with E-state index in [0.717, 1.165) is 11.3 Å². The maximum Gasteiger partial charge on any atom is 0.259 e. The predicted octanol–water partition coefficient (Wildman–Crippen LogP) is 3.48. The fourth-order valence-corrected chi connectivity index (χ4v) is 3.23. The van der Waals surface area contributed by atoms with Crippen LogP contribution >= 0.6 is 22.9 Å². The molecule has 3 rings (SSSR count). The highest BCUT2D eigenvalue weighted by atomic mass is 35.5. The van der Waals surface area contributed by atoms with Gasteiger partial charge in [-0.3, -0.25) is 14.9 Å². The van der Waals surface area contributed by atoms with Gasteiger partial charge in [0.15, 0.2) is 5.13 Å². The van der Waals surface area contributed by atoms with Gasteiger partial charge in [0.05, 0.1) is 11.3 Å². The Morgan fingerprint density at radius 3 is 2.91 bits per heavy atom. The predicted molar refractivity (Wildman–Crippen MR) is 87.8 cm³/mol. The third-order valence-corrected chi connectivity index (χ3v) is 4.47. The van der Waals surface area contributed by atoms with Gasteiger partial charge < -0.3 is 4.90 Å². The Hall–Kier alpha value is -1.92. The number of hydrogen-bond acceptors (Lipinski definition) is 4. The van der Waals surface area contributed by atoms with E-state index in [0.29, 0.717) is 34.4 Å². The number of hydrogen-bond donors (Lipinski definition) is 1. The fraction of sp³-hybridized carbons (Fsp3) is 0.267. The van der Waals surface area contributed by atoms with E-state index in [1.165, 1.54) is 11.3 Å². The Bertz CT molecular complexity index is 744. The first-order valence-corrected chi connectivity index (χ1v) is 8.08. The first kappa shape index (κ1) is 15.0. The Morgan fingerprint density at radius 1 is 1.45 bits per heavy atom. The molecule has 1 saturated heterocycles. The normalized spacial score (nSPS) is 14.5. The molecule has 1 aliphatic heterocycles.